The normalized spacial score (nSPS) is 11.2. The van der Waals surface area contributed by atoms with Gasteiger partial charge in [-0.25, -0.2) is 8.78 Å². The van der Waals surface area contributed by atoms with Gasteiger partial charge in [0.2, 0.25) is 5.91 Å². The fourth-order valence-electron chi connectivity index (χ4n) is 3.73. The number of hydrogen-bond acceptors (Lipinski definition) is 3. The number of nitrogens with one attached hydrogen (secondary N) is 1. The Labute approximate surface area is 182 Å². The SMILES string of the molecule is O=C(Cn1nc(-c2ccc(F)cc2)c2cnc3ccccc3c21)NCc1ccc(F)cc1. The first-order chi connectivity index (χ1) is 15.6. The number of carbonyl (C=O) groups excluding carboxylic acids is 1. The maximum atomic E-state index is 13.4. The third-order valence-corrected chi connectivity index (χ3v) is 5.29. The van der Waals surface area contributed by atoms with Crippen LogP contribution in [-0.2, 0) is 17.9 Å². The number of hydrogen-bond donors (Lipinski definition) is 1. The lowest BCUT2D eigenvalue weighted by molar-refractivity contribution is -0.121. The summed E-state index contributed by atoms with van der Waals surface area (Å²) >= 11 is 0. The Balaban J connectivity index is 1.52. The standard InChI is InChI=1S/C25H18F2N4O/c26-18-9-5-16(6-10-18)13-29-23(32)15-31-25-20-3-1-2-4-22(20)28-14-21(25)24(30-31)17-7-11-19(27)12-8-17/h1-12,14H,13,15H2,(H,29,32). The molecule has 158 valence electrons. The van der Waals surface area contributed by atoms with Gasteiger partial charge < -0.3 is 5.32 Å². The number of halogens is 2. The first-order valence-corrected chi connectivity index (χ1v) is 10.1. The number of benzene rings is 3. The van der Waals surface area contributed by atoms with Gasteiger partial charge in [0.15, 0.2) is 0 Å². The molecule has 0 saturated heterocycles. The second kappa shape index (κ2) is 8.19. The summed E-state index contributed by atoms with van der Waals surface area (Å²) in [5.41, 5.74) is 3.74. The van der Waals surface area contributed by atoms with E-state index in [1.165, 1.54) is 24.3 Å². The highest BCUT2D eigenvalue weighted by Crippen LogP contribution is 2.32. The second-order valence-corrected chi connectivity index (χ2v) is 7.45. The van der Waals surface area contributed by atoms with Crippen molar-refractivity contribution in [3.8, 4) is 11.3 Å². The summed E-state index contributed by atoms with van der Waals surface area (Å²) in [4.78, 5) is 17.2. The van der Waals surface area contributed by atoms with Gasteiger partial charge in [-0.15, -0.1) is 0 Å². The topological polar surface area (TPSA) is 59.8 Å². The highest BCUT2D eigenvalue weighted by Gasteiger charge is 2.17. The van der Waals surface area contributed by atoms with Crippen molar-refractivity contribution in [3.05, 3.63) is 96.2 Å². The van der Waals surface area contributed by atoms with Crippen molar-refractivity contribution in [1.29, 1.82) is 0 Å². The molecule has 32 heavy (non-hydrogen) atoms. The molecule has 2 heterocycles. The van der Waals surface area contributed by atoms with Gasteiger partial charge in [-0.3, -0.25) is 14.5 Å². The van der Waals surface area contributed by atoms with Gasteiger partial charge in [0.05, 0.1) is 11.0 Å². The zero-order valence-corrected chi connectivity index (χ0v) is 16.9. The molecule has 0 spiro atoms. The van der Waals surface area contributed by atoms with Gasteiger partial charge in [-0.1, -0.05) is 30.3 Å². The van der Waals surface area contributed by atoms with Crippen LogP contribution >= 0.6 is 0 Å². The maximum absolute atomic E-state index is 13.4. The molecule has 0 fully saturated rings. The zero-order chi connectivity index (χ0) is 22.1. The summed E-state index contributed by atoms with van der Waals surface area (Å²) < 4.78 is 28.2. The average Bonchev–Trinajstić information content (AvgIpc) is 3.18. The van der Waals surface area contributed by atoms with Gasteiger partial charge in [0.25, 0.3) is 0 Å². The molecule has 0 saturated carbocycles. The summed E-state index contributed by atoms with van der Waals surface area (Å²) in [5, 5.41) is 9.19. The lowest BCUT2D eigenvalue weighted by Gasteiger charge is -2.08. The van der Waals surface area contributed by atoms with Crippen LogP contribution in [0.1, 0.15) is 5.56 Å². The van der Waals surface area contributed by atoms with Crippen LogP contribution in [0.5, 0.6) is 0 Å². The summed E-state index contributed by atoms with van der Waals surface area (Å²) in [6.45, 7) is 0.276. The molecule has 0 bridgehead atoms. The van der Waals surface area contributed by atoms with Gasteiger partial charge in [0, 0.05) is 29.1 Å². The number of carbonyl (C=O) groups is 1. The van der Waals surface area contributed by atoms with E-state index in [4.69, 9.17) is 0 Å². The highest BCUT2D eigenvalue weighted by molar-refractivity contribution is 6.08. The lowest BCUT2D eigenvalue weighted by Crippen LogP contribution is -2.27. The van der Waals surface area contributed by atoms with Crippen LogP contribution in [0.25, 0.3) is 33.1 Å². The fraction of sp³-hybridized carbons (Fsp3) is 0.0800. The second-order valence-electron chi connectivity index (χ2n) is 7.45. The fourth-order valence-corrected chi connectivity index (χ4v) is 3.73. The molecule has 5 rings (SSSR count). The van der Waals surface area contributed by atoms with Crippen molar-refractivity contribution in [3.63, 3.8) is 0 Å². The van der Waals surface area contributed by atoms with Gasteiger partial charge in [-0.05, 0) is 48.0 Å². The molecule has 5 aromatic rings. The largest absolute Gasteiger partial charge is 0.350 e. The smallest absolute Gasteiger partial charge is 0.242 e. The Morgan fingerprint density at radius 3 is 2.31 bits per heavy atom. The van der Waals surface area contributed by atoms with Gasteiger partial charge in [-0.2, -0.15) is 5.10 Å². The van der Waals surface area contributed by atoms with E-state index in [-0.39, 0.29) is 30.6 Å². The molecule has 7 heteroatoms. The van der Waals surface area contributed by atoms with E-state index >= 15 is 0 Å². The molecule has 0 radical (unpaired) electrons. The van der Waals surface area contributed by atoms with Crippen molar-refractivity contribution >= 4 is 27.7 Å². The van der Waals surface area contributed by atoms with Crippen LogP contribution in [0, 0.1) is 11.6 Å². The van der Waals surface area contributed by atoms with E-state index in [0.29, 0.717) is 5.69 Å². The van der Waals surface area contributed by atoms with E-state index in [1.54, 1.807) is 35.1 Å². The molecule has 0 atom stereocenters. The van der Waals surface area contributed by atoms with E-state index < -0.39 is 0 Å². The molecule has 1 amide bonds. The number of nitrogens with zero attached hydrogens (tertiary/aromatic N) is 3. The van der Waals surface area contributed by atoms with Crippen LogP contribution in [0.15, 0.2) is 79.0 Å². The van der Waals surface area contributed by atoms with Crippen LogP contribution in [0.2, 0.25) is 0 Å². The molecule has 0 unspecified atom stereocenters. The number of fused-ring (bicyclic) bond motifs is 3. The Kier molecular flexibility index (Phi) is 5.07. The third kappa shape index (κ3) is 3.80. The van der Waals surface area contributed by atoms with Gasteiger partial charge in [0.1, 0.15) is 23.9 Å². The molecule has 3 aromatic carbocycles. The van der Waals surface area contributed by atoms with Crippen LogP contribution < -0.4 is 5.32 Å². The van der Waals surface area contributed by atoms with Crippen molar-refractivity contribution in [2.24, 2.45) is 0 Å². The van der Waals surface area contributed by atoms with E-state index in [0.717, 1.165) is 32.9 Å². The molecule has 1 N–H and O–H groups in total. The van der Waals surface area contributed by atoms with Crippen LogP contribution in [-0.4, -0.2) is 20.7 Å². The van der Waals surface area contributed by atoms with E-state index in [9.17, 15) is 13.6 Å². The number of para-hydroxylation sites is 1. The van der Waals surface area contributed by atoms with Crippen LogP contribution in [0.3, 0.4) is 0 Å². The first-order valence-electron chi connectivity index (χ1n) is 10.1. The van der Waals surface area contributed by atoms with Gasteiger partial charge >= 0.3 is 0 Å². The Morgan fingerprint density at radius 1 is 0.875 bits per heavy atom. The minimum atomic E-state index is -0.332. The predicted octanol–water partition coefficient (Wildman–Crippen LogP) is 4.85. The monoisotopic (exact) mass is 428 g/mol. The van der Waals surface area contributed by atoms with Crippen LogP contribution in [0.4, 0.5) is 8.78 Å². The lowest BCUT2D eigenvalue weighted by atomic mass is 10.1. The van der Waals surface area contributed by atoms with E-state index in [1.807, 2.05) is 24.3 Å². The number of pyridine rings is 1. The van der Waals surface area contributed by atoms with Crippen molar-refractivity contribution in [2.75, 3.05) is 0 Å². The minimum absolute atomic E-state index is 0.00705. The molecular formula is C25H18F2N4O. The Morgan fingerprint density at radius 2 is 1.56 bits per heavy atom. The zero-order valence-electron chi connectivity index (χ0n) is 16.9. The van der Waals surface area contributed by atoms with Crippen molar-refractivity contribution in [1.82, 2.24) is 20.1 Å². The summed E-state index contributed by atoms with van der Waals surface area (Å²) in [6.07, 6.45) is 1.73. The number of aromatic nitrogens is 3. The van der Waals surface area contributed by atoms with Crippen molar-refractivity contribution in [2.45, 2.75) is 13.1 Å². The quantitative estimate of drug-likeness (QED) is 0.436. The highest BCUT2D eigenvalue weighted by atomic mass is 19.1. The van der Waals surface area contributed by atoms with E-state index in [2.05, 4.69) is 15.4 Å². The molecule has 5 nitrogen and oxygen atoms in total. The predicted molar refractivity (Wildman–Crippen MR) is 119 cm³/mol. The molecular weight excluding hydrogens is 410 g/mol. The maximum Gasteiger partial charge on any atom is 0.242 e. The molecule has 0 aliphatic carbocycles. The van der Waals surface area contributed by atoms with Crippen molar-refractivity contribution < 1.29 is 13.6 Å². The Bertz CT molecular complexity index is 1430. The number of amides is 1. The summed E-state index contributed by atoms with van der Waals surface area (Å²) in [7, 11) is 0. The third-order valence-electron chi connectivity index (χ3n) is 5.29. The molecule has 0 aliphatic rings. The average molecular weight is 428 g/mol. The first kappa shape index (κ1) is 19.8. The Hall–Kier alpha value is -4.13. The molecule has 0 aliphatic heterocycles. The summed E-state index contributed by atoms with van der Waals surface area (Å²) in [6, 6.07) is 19.7. The summed E-state index contributed by atoms with van der Waals surface area (Å²) in [5.74, 6) is -0.886. The molecule has 2 aromatic heterocycles. The minimum Gasteiger partial charge on any atom is -0.350 e. The number of rotatable bonds is 5.